The summed E-state index contributed by atoms with van der Waals surface area (Å²) in [4.78, 5) is 11.8. The number of carbonyl (C=O) groups excluding carboxylic acids is 1. The molecule has 0 fully saturated rings. The average Bonchev–Trinajstić information content (AvgIpc) is 2.58. The van der Waals surface area contributed by atoms with Crippen molar-refractivity contribution in [1.82, 2.24) is 5.43 Å². The fraction of sp³-hybridized carbons (Fsp3) is 0.300. The smallest absolute Gasteiger partial charge is 0.277 e. The van der Waals surface area contributed by atoms with Gasteiger partial charge in [-0.3, -0.25) is 4.79 Å². The summed E-state index contributed by atoms with van der Waals surface area (Å²) in [5.41, 5.74) is 8.30. The van der Waals surface area contributed by atoms with Crippen molar-refractivity contribution in [2.24, 2.45) is 5.10 Å². The first kappa shape index (κ1) is 17.7. The maximum atomic E-state index is 11.8. The third-order valence-electron chi connectivity index (χ3n) is 3.98. The van der Waals surface area contributed by atoms with Crippen LogP contribution in [0.4, 0.5) is 0 Å². The third kappa shape index (κ3) is 4.95. The number of aryl methyl sites for hydroxylation is 4. The van der Waals surface area contributed by atoms with Crippen molar-refractivity contribution >= 4 is 12.1 Å². The summed E-state index contributed by atoms with van der Waals surface area (Å²) in [6.45, 7) is 8.20. The van der Waals surface area contributed by atoms with Crippen LogP contribution in [0.2, 0.25) is 0 Å². The maximum absolute atomic E-state index is 11.8. The summed E-state index contributed by atoms with van der Waals surface area (Å²) < 4.78 is 5.44. The molecule has 0 spiro atoms. The lowest BCUT2D eigenvalue weighted by atomic mass is 10.0. The Morgan fingerprint density at radius 1 is 1.08 bits per heavy atom. The van der Waals surface area contributed by atoms with Crippen molar-refractivity contribution in [3.8, 4) is 5.75 Å². The van der Waals surface area contributed by atoms with Crippen molar-refractivity contribution in [3.05, 3.63) is 64.2 Å². The maximum Gasteiger partial charge on any atom is 0.277 e. The summed E-state index contributed by atoms with van der Waals surface area (Å²) in [6.07, 6.45) is 2.64. The predicted molar refractivity (Wildman–Crippen MR) is 97.7 cm³/mol. The Balaban J connectivity index is 1.85. The van der Waals surface area contributed by atoms with E-state index in [9.17, 15) is 4.79 Å². The lowest BCUT2D eigenvalue weighted by Gasteiger charge is -2.07. The molecule has 0 atom stereocenters. The van der Waals surface area contributed by atoms with E-state index in [1.165, 1.54) is 16.7 Å². The van der Waals surface area contributed by atoms with Crippen LogP contribution in [0.3, 0.4) is 0 Å². The summed E-state index contributed by atoms with van der Waals surface area (Å²) >= 11 is 0. The zero-order valence-corrected chi connectivity index (χ0v) is 14.7. The van der Waals surface area contributed by atoms with Crippen LogP contribution in [0.25, 0.3) is 0 Å². The Morgan fingerprint density at radius 3 is 2.42 bits per heavy atom. The molecule has 2 rings (SSSR count). The third-order valence-corrected chi connectivity index (χ3v) is 3.98. The van der Waals surface area contributed by atoms with Gasteiger partial charge in [-0.05, 0) is 73.2 Å². The fourth-order valence-electron chi connectivity index (χ4n) is 2.30. The van der Waals surface area contributed by atoms with E-state index in [1.54, 1.807) is 6.21 Å². The zero-order valence-electron chi connectivity index (χ0n) is 14.7. The quantitative estimate of drug-likeness (QED) is 0.650. The van der Waals surface area contributed by atoms with Gasteiger partial charge in [-0.25, -0.2) is 5.43 Å². The van der Waals surface area contributed by atoms with Gasteiger partial charge in [0.1, 0.15) is 5.75 Å². The average molecular weight is 324 g/mol. The fourth-order valence-corrected chi connectivity index (χ4v) is 2.30. The highest BCUT2D eigenvalue weighted by atomic mass is 16.5. The lowest BCUT2D eigenvalue weighted by molar-refractivity contribution is -0.123. The van der Waals surface area contributed by atoms with E-state index in [0.717, 1.165) is 17.5 Å². The first-order valence-corrected chi connectivity index (χ1v) is 8.11. The molecule has 4 nitrogen and oxygen atoms in total. The number of hydrogen-bond acceptors (Lipinski definition) is 3. The molecule has 0 aliphatic carbocycles. The minimum absolute atomic E-state index is 0.0608. The molecule has 2 aromatic rings. The molecule has 0 saturated carbocycles. The summed E-state index contributed by atoms with van der Waals surface area (Å²) in [5, 5.41) is 4.01. The zero-order chi connectivity index (χ0) is 17.5. The van der Waals surface area contributed by atoms with Gasteiger partial charge in [-0.1, -0.05) is 25.1 Å². The Bertz CT molecular complexity index is 734. The standard InChI is InChI=1S/C20H24N2O2/c1-5-17-6-8-19(9-7-17)24-13-20(23)22-21-12-18-11-15(3)14(2)10-16(18)4/h6-12H,5,13H2,1-4H3,(H,22,23)/b21-12-. The van der Waals surface area contributed by atoms with Crippen LogP contribution in [0.1, 0.15) is 34.7 Å². The van der Waals surface area contributed by atoms with Crippen LogP contribution in [0, 0.1) is 20.8 Å². The van der Waals surface area contributed by atoms with Gasteiger partial charge in [0.15, 0.2) is 6.61 Å². The molecular weight excluding hydrogens is 300 g/mol. The highest BCUT2D eigenvalue weighted by molar-refractivity contribution is 5.84. The molecule has 0 heterocycles. The summed E-state index contributed by atoms with van der Waals surface area (Å²) in [6, 6.07) is 11.9. The number of carbonyl (C=O) groups is 1. The molecule has 0 saturated heterocycles. The number of nitrogens with zero attached hydrogens (tertiary/aromatic N) is 1. The molecule has 4 heteroatoms. The van der Waals surface area contributed by atoms with Gasteiger partial charge in [-0.15, -0.1) is 0 Å². The Labute approximate surface area is 143 Å². The second-order valence-corrected chi connectivity index (χ2v) is 5.87. The molecule has 0 unspecified atom stereocenters. The van der Waals surface area contributed by atoms with E-state index in [4.69, 9.17) is 4.74 Å². The van der Waals surface area contributed by atoms with E-state index >= 15 is 0 Å². The van der Waals surface area contributed by atoms with Crippen molar-refractivity contribution in [2.45, 2.75) is 34.1 Å². The Morgan fingerprint density at radius 2 is 1.75 bits per heavy atom. The first-order valence-electron chi connectivity index (χ1n) is 8.11. The highest BCUT2D eigenvalue weighted by Gasteiger charge is 2.02. The van der Waals surface area contributed by atoms with E-state index in [1.807, 2.05) is 31.2 Å². The molecule has 2 aromatic carbocycles. The van der Waals surface area contributed by atoms with E-state index in [0.29, 0.717) is 5.75 Å². The molecule has 0 aliphatic heterocycles. The highest BCUT2D eigenvalue weighted by Crippen LogP contribution is 2.14. The molecular formula is C20H24N2O2. The van der Waals surface area contributed by atoms with Gasteiger partial charge in [0.2, 0.25) is 0 Å². The lowest BCUT2D eigenvalue weighted by Crippen LogP contribution is -2.24. The monoisotopic (exact) mass is 324 g/mol. The van der Waals surface area contributed by atoms with Crippen LogP contribution in [-0.2, 0) is 11.2 Å². The van der Waals surface area contributed by atoms with Gasteiger partial charge >= 0.3 is 0 Å². The van der Waals surface area contributed by atoms with Gasteiger partial charge in [0.05, 0.1) is 6.21 Å². The largest absolute Gasteiger partial charge is 0.484 e. The molecule has 24 heavy (non-hydrogen) atoms. The SMILES string of the molecule is CCc1ccc(OCC(=O)N/N=C\c2cc(C)c(C)cc2C)cc1. The van der Waals surface area contributed by atoms with Gasteiger partial charge in [0, 0.05) is 0 Å². The number of amides is 1. The molecule has 126 valence electrons. The van der Waals surface area contributed by atoms with Crippen LogP contribution >= 0.6 is 0 Å². The minimum Gasteiger partial charge on any atom is -0.484 e. The Kier molecular flexibility index (Phi) is 6.13. The number of ether oxygens (including phenoxy) is 1. The van der Waals surface area contributed by atoms with Crippen LogP contribution in [-0.4, -0.2) is 18.7 Å². The Hall–Kier alpha value is -2.62. The minimum atomic E-state index is -0.285. The van der Waals surface area contributed by atoms with Gasteiger partial charge < -0.3 is 4.74 Å². The van der Waals surface area contributed by atoms with E-state index in [2.05, 4.69) is 43.4 Å². The number of rotatable bonds is 6. The van der Waals surface area contributed by atoms with Crippen molar-refractivity contribution < 1.29 is 9.53 Å². The summed E-state index contributed by atoms with van der Waals surface area (Å²) in [5.74, 6) is 0.392. The molecule has 1 N–H and O–H groups in total. The van der Waals surface area contributed by atoms with E-state index < -0.39 is 0 Å². The van der Waals surface area contributed by atoms with Gasteiger partial charge in [0.25, 0.3) is 5.91 Å². The normalized spacial score (nSPS) is 10.8. The molecule has 0 aliphatic rings. The molecule has 1 amide bonds. The topological polar surface area (TPSA) is 50.7 Å². The predicted octanol–water partition coefficient (Wildman–Crippen LogP) is 3.70. The molecule has 0 bridgehead atoms. The number of hydrogen-bond donors (Lipinski definition) is 1. The second-order valence-electron chi connectivity index (χ2n) is 5.87. The molecule has 0 radical (unpaired) electrons. The number of nitrogens with one attached hydrogen (secondary N) is 1. The second kappa shape index (κ2) is 8.29. The van der Waals surface area contributed by atoms with E-state index in [-0.39, 0.29) is 12.5 Å². The van der Waals surface area contributed by atoms with Crippen molar-refractivity contribution in [3.63, 3.8) is 0 Å². The van der Waals surface area contributed by atoms with Crippen molar-refractivity contribution in [1.29, 1.82) is 0 Å². The van der Waals surface area contributed by atoms with Crippen molar-refractivity contribution in [2.75, 3.05) is 6.61 Å². The first-order chi connectivity index (χ1) is 11.5. The number of benzene rings is 2. The van der Waals surface area contributed by atoms with Crippen LogP contribution < -0.4 is 10.2 Å². The van der Waals surface area contributed by atoms with Crippen LogP contribution in [0.15, 0.2) is 41.5 Å². The van der Waals surface area contributed by atoms with Gasteiger partial charge in [-0.2, -0.15) is 5.10 Å². The number of hydrazone groups is 1. The summed E-state index contributed by atoms with van der Waals surface area (Å²) in [7, 11) is 0. The van der Waals surface area contributed by atoms with Crippen LogP contribution in [0.5, 0.6) is 5.75 Å². The molecule has 0 aromatic heterocycles.